The van der Waals surface area contributed by atoms with Crippen molar-refractivity contribution < 1.29 is 23.1 Å². The molecule has 9 heteroatoms. The summed E-state index contributed by atoms with van der Waals surface area (Å²) in [7, 11) is 0. The van der Waals surface area contributed by atoms with E-state index >= 15 is 0 Å². The van der Waals surface area contributed by atoms with Crippen LogP contribution in [-0.2, 0) is 6.18 Å². The van der Waals surface area contributed by atoms with Crippen molar-refractivity contribution in [1.29, 1.82) is 0 Å². The second kappa shape index (κ2) is 4.03. The Morgan fingerprint density at radius 2 is 2.00 bits per heavy atom. The molecule has 0 saturated heterocycles. The van der Waals surface area contributed by atoms with Crippen LogP contribution in [0, 0.1) is 0 Å². The minimum Gasteiger partial charge on any atom is -0.476 e. The van der Waals surface area contributed by atoms with Crippen molar-refractivity contribution >= 4 is 34.8 Å². The second-order valence-corrected chi connectivity index (χ2v) is 4.11. The lowest BCUT2D eigenvalue weighted by Crippen LogP contribution is -2.08. The van der Waals surface area contributed by atoms with Gasteiger partial charge in [-0.3, -0.25) is 4.40 Å². The molecule has 0 unspecified atom stereocenters. The van der Waals surface area contributed by atoms with Gasteiger partial charge in [-0.2, -0.15) is 13.2 Å². The molecule has 0 aliphatic rings. The topological polar surface area (TPSA) is 54.6 Å². The molecule has 0 radical (unpaired) electrons. The summed E-state index contributed by atoms with van der Waals surface area (Å²) < 4.78 is 39.0. The van der Waals surface area contributed by atoms with Crippen LogP contribution in [0.1, 0.15) is 16.1 Å². The van der Waals surface area contributed by atoms with Crippen LogP contribution < -0.4 is 0 Å². The molecule has 18 heavy (non-hydrogen) atoms. The van der Waals surface area contributed by atoms with Gasteiger partial charge in [0.1, 0.15) is 10.7 Å². The third-order valence-electron chi connectivity index (χ3n) is 2.14. The third-order valence-corrected chi connectivity index (χ3v) is 2.70. The SMILES string of the molecule is O=C(O)c1nc2c(C(F)(F)F)cc(Cl)cn2c1Cl. The summed E-state index contributed by atoms with van der Waals surface area (Å²) in [5.74, 6) is -1.52. The predicted molar refractivity (Wildman–Crippen MR) is 57.2 cm³/mol. The first-order chi connectivity index (χ1) is 8.21. The van der Waals surface area contributed by atoms with Gasteiger partial charge in [0.25, 0.3) is 0 Å². The van der Waals surface area contributed by atoms with E-state index in [0.29, 0.717) is 6.07 Å². The molecule has 96 valence electrons. The van der Waals surface area contributed by atoms with Gasteiger partial charge in [0.05, 0.1) is 5.02 Å². The summed E-state index contributed by atoms with van der Waals surface area (Å²) in [4.78, 5) is 14.1. The average Bonchev–Trinajstić information content (AvgIpc) is 2.54. The van der Waals surface area contributed by atoms with E-state index in [1.165, 1.54) is 0 Å². The van der Waals surface area contributed by atoms with Crippen LogP contribution in [0.2, 0.25) is 10.2 Å². The monoisotopic (exact) mass is 298 g/mol. The highest BCUT2D eigenvalue weighted by Crippen LogP contribution is 2.35. The Morgan fingerprint density at radius 3 is 2.50 bits per heavy atom. The van der Waals surface area contributed by atoms with Crippen LogP contribution in [0.15, 0.2) is 12.3 Å². The summed E-state index contributed by atoms with van der Waals surface area (Å²) in [5, 5.41) is 8.09. The summed E-state index contributed by atoms with van der Waals surface area (Å²) in [6.07, 6.45) is -3.65. The minimum atomic E-state index is -4.71. The lowest BCUT2D eigenvalue weighted by atomic mass is 10.2. The first kappa shape index (κ1) is 13.0. The number of hydrogen-bond donors (Lipinski definition) is 1. The molecule has 2 aromatic heterocycles. The van der Waals surface area contributed by atoms with Crippen molar-refractivity contribution in [2.75, 3.05) is 0 Å². The first-order valence-electron chi connectivity index (χ1n) is 4.39. The zero-order valence-electron chi connectivity index (χ0n) is 8.29. The number of fused-ring (bicyclic) bond motifs is 1. The zero-order chi connectivity index (χ0) is 13.7. The van der Waals surface area contributed by atoms with Crippen LogP contribution >= 0.6 is 23.2 Å². The number of alkyl halides is 3. The summed E-state index contributed by atoms with van der Waals surface area (Å²) in [6, 6.07) is 0.659. The van der Waals surface area contributed by atoms with Crippen LogP contribution in [0.4, 0.5) is 13.2 Å². The largest absolute Gasteiger partial charge is 0.476 e. The average molecular weight is 299 g/mol. The molecule has 0 aliphatic heterocycles. The van der Waals surface area contributed by atoms with E-state index in [4.69, 9.17) is 28.3 Å². The van der Waals surface area contributed by atoms with Crippen molar-refractivity contribution in [1.82, 2.24) is 9.38 Å². The molecule has 2 heterocycles. The van der Waals surface area contributed by atoms with Crippen LogP contribution in [0.5, 0.6) is 0 Å². The Balaban J connectivity index is 2.89. The number of carboxylic acids is 1. The number of pyridine rings is 1. The van der Waals surface area contributed by atoms with Gasteiger partial charge in [-0.1, -0.05) is 23.2 Å². The van der Waals surface area contributed by atoms with E-state index in [1.54, 1.807) is 0 Å². The maximum atomic E-state index is 12.7. The van der Waals surface area contributed by atoms with Crippen LogP contribution in [0.3, 0.4) is 0 Å². The van der Waals surface area contributed by atoms with Gasteiger partial charge in [-0.15, -0.1) is 0 Å². The van der Waals surface area contributed by atoms with Gasteiger partial charge >= 0.3 is 12.1 Å². The summed E-state index contributed by atoms with van der Waals surface area (Å²) >= 11 is 11.2. The number of carbonyl (C=O) groups is 1. The first-order valence-corrected chi connectivity index (χ1v) is 5.15. The maximum Gasteiger partial charge on any atom is 0.420 e. The molecule has 0 aromatic carbocycles. The van der Waals surface area contributed by atoms with Crippen molar-refractivity contribution in [2.45, 2.75) is 6.18 Å². The van der Waals surface area contributed by atoms with Crippen LogP contribution in [0.25, 0.3) is 5.65 Å². The normalized spacial score (nSPS) is 12.1. The third kappa shape index (κ3) is 1.99. The molecule has 2 aromatic rings. The quantitative estimate of drug-likeness (QED) is 0.878. The summed E-state index contributed by atoms with van der Waals surface area (Å²) in [5.41, 5.74) is -2.41. The van der Waals surface area contributed by atoms with Gasteiger partial charge in [0, 0.05) is 6.20 Å². The lowest BCUT2D eigenvalue weighted by Gasteiger charge is -2.08. The Hall–Kier alpha value is -1.47. The molecule has 0 spiro atoms. The molecule has 0 atom stereocenters. The molecule has 1 N–H and O–H groups in total. The number of rotatable bonds is 1. The van der Waals surface area contributed by atoms with Gasteiger partial charge in [-0.25, -0.2) is 9.78 Å². The molecular formula is C9H3Cl2F3N2O2. The fourth-order valence-electron chi connectivity index (χ4n) is 1.43. The summed E-state index contributed by atoms with van der Waals surface area (Å²) in [6.45, 7) is 0. The number of aromatic carboxylic acids is 1. The molecule has 2 rings (SSSR count). The molecule has 0 amide bonds. The molecular weight excluding hydrogens is 296 g/mol. The molecule has 0 bridgehead atoms. The number of aromatic nitrogens is 2. The molecule has 0 fully saturated rings. The van der Waals surface area contributed by atoms with E-state index in [1.807, 2.05) is 0 Å². The standard InChI is InChI=1S/C9H3Cl2F3N2O2/c10-3-1-4(9(12,13)14)7-15-5(8(17)18)6(11)16(7)2-3/h1-2H,(H,17,18). The Bertz CT molecular complexity index is 651. The van der Waals surface area contributed by atoms with E-state index in [2.05, 4.69) is 4.98 Å². The number of imidazole rings is 1. The minimum absolute atomic E-state index is 0.230. The Labute approximate surface area is 108 Å². The van der Waals surface area contributed by atoms with E-state index in [9.17, 15) is 18.0 Å². The van der Waals surface area contributed by atoms with Crippen molar-refractivity contribution in [2.24, 2.45) is 0 Å². The predicted octanol–water partition coefficient (Wildman–Crippen LogP) is 3.36. The van der Waals surface area contributed by atoms with E-state index in [-0.39, 0.29) is 5.02 Å². The van der Waals surface area contributed by atoms with Crippen LogP contribution in [-0.4, -0.2) is 20.5 Å². The van der Waals surface area contributed by atoms with Crippen molar-refractivity contribution in [3.8, 4) is 0 Å². The van der Waals surface area contributed by atoms with Gasteiger partial charge in [-0.05, 0) is 6.07 Å². The number of halogens is 5. The molecule has 0 saturated carbocycles. The fourth-order valence-corrected chi connectivity index (χ4v) is 1.89. The number of hydrogen-bond acceptors (Lipinski definition) is 2. The van der Waals surface area contributed by atoms with E-state index < -0.39 is 34.2 Å². The van der Waals surface area contributed by atoms with Crippen molar-refractivity contribution in [3.63, 3.8) is 0 Å². The zero-order valence-corrected chi connectivity index (χ0v) is 9.81. The maximum absolute atomic E-state index is 12.7. The van der Waals surface area contributed by atoms with Gasteiger partial charge < -0.3 is 5.11 Å². The Kier molecular flexibility index (Phi) is 2.90. The highest BCUT2D eigenvalue weighted by Gasteiger charge is 2.35. The molecule has 4 nitrogen and oxygen atoms in total. The van der Waals surface area contributed by atoms with Gasteiger partial charge in [0.15, 0.2) is 11.3 Å². The second-order valence-electron chi connectivity index (χ2n) is 3.32. The molecule has 0 aliphatic carbocycles. The highest BCUT2D eigenvalue weighted by molar-refractivity contribution is 6.33. The fraction of sp³-hybridized carbons (Fsp3) is 0.111. The Morgan fingerprint density at radius 1 is 1.39 bits per heavy atom. The lowest BCUT2D eigenvalue weighted by molar-refractivity contribution is -0.136. The highest BCUT2D eigenvalue weighted by atomic mass is 35.5. The number of nitrogens with zero attached hydrogens (tertiary/aromatic N) is 2. The number of carboxylic acid groups (broad SMARTS) is 1. The van der Waals surface area contributed by atoms with Gasteiger partial charge in [0.2, 0.25) is 0 Å². The van der Waals surface area contributed by atoms with E-state index in [0.717, 1.165) is 10.6 Å². The van der Waals surface area contributed by atoms with Crippen molar-refractivity contribution in [3.05, 3.63) is 33.7 Å². The smallest absolute Gasteiger partial charge is 0.420 e.